The molecule has 1 atom stereocenters. The van der Waals surface area contributed by atoms with Gasteiger partial charge in [-0.3, -0.25) is 0 Å². The molecule has 0 aliphatic rings. The summed E-state index contributed by atoms with van der Waals surface area (Å²) < 4.78 is 0. The highest BCUT2D eigenvalue weighted by Gasteiger charge is 2.44. The summed E-state index contributed by atoms with van der Waals surface area (Å²) in [6.45, 7) is 2.29. The fourth-order valence-corrected chi connectivity index (χ4v) is 8.42. The molecule has 0 radical (unpaired) electrons. The predicted octanol–water partition coefficient (Wildman–Crippen LogP) is 6.98. The SMILES string of the molecule is Br.CCCCCCCC[P+](c1ccccc1)(c1ccccc1)c1ccccc1.P. The minimum absolute atomic E-state index is 0. The molecule has 0 nitrogen and oxygen atoms in total. The van der Waals surface area contributed by atoms with Crippen molar-refractivity contribution in [3.05, 3.63) is 91.0 Å². The van der Waals surface area contributed by atoms with Crippen molar-refractivity contribution in [2.45, 2.75) is 45.4 Å². The molecule has 0 aliphatic heterocycles. The molecule has 0 aliphatic carbocycles. The van der Waals surface area contributed by atoms with Gasteiger partial charge in [-0.2, -0.15) is 9.90 Å². The molecule has 0 amide bonds. The average Bonchev–Trinajstić information content (AvgIpc) is 2.75. The fourth-order valence-electron chi connectivity index (χ4n) is 4.01. The van der Waals surface area contributed by atoms with Gasteiger partial charge in [0, 0.05) is 0 Å². The molecule has 0 spiro atoms. The van der Waals surface area contributed by atoms with E-state index in [0.29, 0.717) is 0 Å². The van der Waals surface area contributed by atoms with Crippen LogP contribution < -0.4 is 15.9 Å². The van der Waals surface area contributed by atoms with Crippen molar-refractivity contribution in [1.29, 1.82) is 0 Å². The lowest BCUT2D eigenvalue weighted by atomic mass is 10.1. The number of halogens is 1. The van der Waals surface area contributed by atoms with E-state index in [-0.39, 0.29) is 26.9 Å². The monoisotopic (exact) mass is 489 g/mol. The summed E-state index contributed by atoms with van der Waals surface area (Å²) in [5, 5.41) is 4.53. The standard InChI is InChI=1S/C26H32P.BrH.H3P/c1-2-3-4-5-6-16-23-27(24-17-10-7-11-18-24,25-19-12-8-13-20-25)26-21-14-9-15-22-26;;/h7-15,17-22H,2-6,16,23H2,1H3;1H;1H3/q+1;;. The highest BCUT2D eigenvalue weighted by molar-refractivity contribution is 8.93. The van der Waals surface area contributed by atoms with Gasteiger partial charge in [0.2, 0.25) is 0 Å². The second-order valence-corrected chi connectivity index (χ2v) is 10.9. The Morgan fingerprint density at radius 3 is 1.24 bits per heavy atom. The smallest absolute Gasteiger partial charge is 0.112 e. The van der Waals surface area contributed by atoms with Crippen LogP contribution in [0.1, 0.15) is 45.4 Å². The summed E-state index contributed by atoms with van der Waals surface area (Å²) in [6, 6.07) is 33.8. The van der Waals surface area contributed by atoms with Gasteiger partial charge >= 0.3 is 0 Å². The number of unbranched alkanes of at least 4 members (excludes halogenated alkanes) is 5. The Morgan fingerprint density at radius 2 is 0.862 bits per heavy atom. The summed E-state index contributed by atoms with van der Waals surface area (Å²) in [6.07, 6.45) is 9.34. The summed E-state index contributed by atoms with van der Waals surface area (Å²) in [5.41, 5.74) is 0. The largest absolute Gasteiger partial charge is 0.153 e. The first-order chi connectivity index (χ1) is 13.4. The van der Waals surface area contributed by atoms with E-state index in [1.807, 2.05) is 0 Å². The van der Waals surface area contributed by atoms with E-state index in [2.05, 4.69) is 97.9 Å². The van der Waals surface area contributed by atoms with Crippen LogP contribution in [0.5, 0.6) is 0 Å². The summed E-state index contributed by atoms with van der Waals surface area (Å²) in [7, 11) is -1.61. The summed E-state index contributed by atoms with van der Waals surface area (Å²) in [5.74, 6) is 0. The molecule has 0 heterocycles. The first-order valence-corrected chi connectivity index (χ1v) is 12.4. The Morgan fingerprint density at radius 1 is 0.517 bits per heavy atom. The van der Waals surface area contributed by atoms with Gasteiger partial charge in [0.15, 0.2) is 0 Å². The highest BCUT2D eigenvalue weighted by atomic mass is 79.9. The van der Waals surface area contributed by atoms with Gasteiger partial charge in [-0.15, -0.1) is 17.0 Å². The van der Waals surface area contributed by atoms with Gasteiger partial charge in [0.05, 0.1) is 6.16 Å². The van der Waals surface area contributed by atoms with Crippen molar-refractivity contribution in [3.8, 4) is 0 Å². The van der Waals surface area contributed by atoms with Gasteiger partial charge in [0.25, 0.3) is 0 Å². The molecular formula is C26H36BrP2+. The maximum absolute atomic E-state index is 2.35. The van der Waals surface area contributed by atoms with Gasteiger partial charge in [-0.25, -0.2) is 0 Å². The fraction of sp³-hybridized carbons (Fsp3) is 0.308. The number of hydrogen-bond acceptors (Lipinski definition) is 0. The molecule has 0 aromatic heterocycles. The first kappa shape index (κ1) is 26.0. The third-order valence-corrected chi connectivity index (χ3v) is 9.96. The summed E-state index contributed by atoms with van der Waals surface area (Å²) in [4.78, 5) is 0. The van der Waals surface area contributed by atoms with E-state index in [0.717, 1.165) is 0 Å². The molecule has 29 heavy (non-hydrogen) atoms. The lowest BCUT2D eigenvalue weighted by molar-refractivity contribution is 0.626. The Hall–Kier alpha value is -1.000. The molecule has 3 heteroatoms. The normalized spacial score (nSPS) is 10.7. The molecule has 0 saturated heterocycles. The molecule has 0 saturated carbocycles. The Bertz CT molecular complexity index is 679. The quantitative estimate of drug-likeness (QED) is 0.213. The van der Waals surface area contributed by atoms with Crippen LogP contribution in [-0.2, 0) is 0 Å². The molecule has 0 fully saturated rings. The molecule has 156 valence electrons. The Labute approximate surface area is 192 Å². The van der Waals surface area contributed by atoms with Crippen molar-refractivity contribution in [2.24, 2.45) is 0 Å². The molecule has 0 N–H and O–H groups in total. The zero-order valence-corrected chi connectivity index (χ0v) is 21.7. The number of benzene rings is 3. The van der Waals surface area contributed by atoms with Crippen LogP contribution >= 0.6 is 34.1 Å². The third-order valence-electron chi connectivity index (χ3n) is 5.44. The van der Waals surface area contributed by atoms with E-state index in [9.17, 15) is 0 Å². The van der Waals surface area contributed by atoms with Crippen molar-refractivity contribution in [3.63, 3.8) is 0 Å². The van der Waals surface area contributed by atoms with Gasteiger partial charge in [-0.05, 0) is 49.2 Å². The minimum Gasteiger partial charge on any atom is -0.153 e. The molecule has 1 unspecified atom stereocenters. The van der Waals surface area contributed by atoms with Crippen molar-refractivity contribution in [2.75, 3.05) is 6.16 Å². The summed E-state index contributed by atoms with van der Waals surface area (Å²) >= 11 is 0. The Balaban J connectivity index is 0.00000210. The van der Waals surface area contributed by atoms with E-state index >= 15 is 0 Å². The van der Waals surface area contributed by atoms with Crippen molar-refractivity contribution >= 4 is 50.1 Å². The molecule has 0 bridgehead atoms. The molecular weight excluding hydrogens is 454 g/mol. The van der Waals surface area contributed by atoms with Crippen LogP contribution in [0.25, 0.3) is 0 Å². The molecule has 3 rings (SSSR count). The highest BCUT2D eigenvalue weighted by Crippen LogP contribution is 2.55. The second kappa shape index (κ2) is 14.1. The minimum atomic E-state index is -1.61. The van der Waals surface area contributed by atoms with Crippen molar-refractivity contribution < 1.29 is 0 Å². The predicted molar refractivity (Wildman–Crippen MR) is 145 cm³/mol. The van der Waals surface area contributed by atoms with Crippen LogP contribution in [0.15, 0.2) is 91.0 Å². The Kier molecular flexibility index (Phi) is 12.6. The second-order valence-electron chi connectivity index (χ2n) is 7.31. The zero-order valence-electron chi connectivity index (χ0n) is 17.7. The van der Waals surface area contributed by atoms with Crippen LogP contribution in [0.2, 0.25) is 0 Å². The van der Waals surface area contributed by atoms with Crippen LogP contribution in [0, 0.1) is 0 Å². The van der Waals surface area contributed by atoms with E-state index in [1.165, 1.54) is 60.6 Å². The van der Waals surface area contributed by atoms with Crippen molar-refractivity contribution in [1.82, 2.24) is 0 Å². The van der Waals surface area contributed by atoms with Crippen LogP contribution in [0.4, 0.5) is 0 Å². The van der Waals surface area contributed by atoms with Gasteiger partial charge in [0.1, 0.15) is 23.2 Å². The molecule has 3 aromatic rings. The maximum atomic E-state index is 2.35. The maximum Gasteiger partial charge on any atom is 0.112 e. The van der Waals surface area contributed by atoms with Crippen LogP contribution in [-0.4, -0.2) is 6.16 Å². The van der Waals surface area contributed by atoms with Crippen LogP contribution in [0.3, 0.4) is 0 Å². The average molecular weight is 490 g/mol. The lowest BCUT2D eigenvalue weighted by Gasteiger charge is -2.27. The van der Waals surface area contributed by atoms with E-state index in [4.69, 9.17) is 0 Å². The number of hydrogen-bond donors (Lipinski definition) is 0. The molecule has 3 aromatic carbocycles. The van der Waals surface area contributed by atoms with Gasteiger partial charge in [-0.1, -0.05) is 87.2 Å². The third kappa shape index (κ3) is 6.75. The van der Waals surface area contributed by atoms with E-state index < -0.39 is 7.26 Å². The topological polar surface area (TPSA) is 0 Å². The zero-order chi connectivity index (χ0) is 18.8. The van der Waals surface area contributed by atoms with E-state index in [1.54, 1.807) is 0 Å². The lowest BCUT2D eigenvalue weighted by Crippen LogP contribution is -2.33. The number of rotatable bonds is 10. The van der Waals surface area contributed by atoms with Gasteiger partial charge < -0.3 is 0 Å². The first-order valence-electron chi connectivity index (χ1n) is 10.4.